The van der Waals surface area contributed by atoms with E-state index in [4.69, 9.17) is 9.47 Å². The molecule has 1 saturated carbocycles. The molecule has 2 unspecified atom stereocenters. The fourth-order valence-corrected chi connectivity index (χ4v) is 4.36. The number of thioether (sulfide) groups is 1. The average molecular weight is 572 g/mol. The number of rotatable bonds is 10. The Morgan fingerprint density at radius 2 is 1.91 bits per heavy atom. The number of alkyl halides is 1. The summed E-state index contributed by atoms with van der Waals surface area (Å²) in [4.78, 5) is 60.7. The van der Waals surface area contributed by atoms with E-state index in [1.807, 2.05) is 0 Å². The Labute approximate surface area is 212 Å². The van der Waals surface area contributed by atoms with E-state index in [-0.39, 0.29) is 24.2 Å². The lowest BCUT2D eigenvalue weighted by Gasteiger charge is -2.45. The van der Waals surface area contributed by atoms with Gasteiger partial charge in [-0.1, -0.05) is 15.9 Å². The molecule has 35 heavy (non-hydrogen) atoms. The van der Waals surface area contributed by atoms with Gasteiger partial charge in [0.2, 0.25) is 5.91 Å². The SMILES string of the molecule is CC(=O)NC1C(=O)N(C(C(=O)OCc2ccc([N+](=O)[O-])cc2)=C(O)CBr)C1SC(=O)OCC1CC1. The minimum atomic E-state index is -1.12. The van der Waals surface area contributed by atoms with Crippen molar-refractivity contribution >= 4 is 56.5 Å². The number of ether oxygens (including phenoxy) is 2. The van der Waals surface area contributed by atoms with Crippen LogP contribution in [0.4, 0.5) is 10.5 Å². The topological polar surface area (TPSA) is 165 Å². The second-order valence-electron chi connectivity index (χ2n) is 7.83. The number of allylic oxidation sites excluding steroid dienone is 1. The van der Waals surface area contributed by atoms with Gasteiger partial charge in [0.1, 0.15) is 23.8 Å². The monoisotopic (exact) mass is 571 g/mol. The molecule has 188 valence electrons. The van der Waals surface area contributed by atoms with Crippen molar-refractivity contribution in [1.29, 1.82) is 0 Å². The van der Waals surface area contributed by atoms with E-state index in [9.17, 15) is 34.4 Å². The van der Waals surface area contributed by atoms with E-state index >= 15 is 0 Å². The van der Waals surface area contributed by atoms with Crippen molar-refractivity contribution in [3.05, 3.63) is 51.4 Å². The highest BCUT2D eigenvalue weighted by Gasteiger charge is 2.54. The molecule has 1 aromatic rings. The van der Waals surface area contributed by atoms with Crippen molar-refractivity contribution in [2.45, 2.75) is 37.8 Å². The molecule has 1 heterocycles. The third-order valence-corrected chi connectivity index (χ3v) is 6.67. The van der Waals surface area contributed by atoms with Crippen LogP contribution in [-0.2, 0) is 30.5 Å². The first-order valence-corrected chi connectivity index (χ1v) is 12.4. The Kier molecular flexibility index (Phi) is 8.72. The number of hydrogen-bond acceptors (Lipinski definition) is 10. The number of aliphatic hydroxyl groups excluding tert-OH is 1. The van der Waals surface area contributed by atoms with Crippen LogP contribution in [0.5, 0.6) is 0 Å². The normalized spacial score (nSPS) is 19.8. The summed E-state index contributed by atoms with van der Waals surface area (Å²) in [5.41, 5.74) is -0.202. The first kappa shape index (κ1) is 26.5. The summed E-state index contributed by atoms with van der Waals surface area (Å²) in [6, 6.07) is 4.16. The number of nitro benzene ring substituents is 1. The minimum absolute atomic E-state index is 0.138. The van der Waals surface area contributed by atoms with Crippen molar-refractivity contribution in [3.63, 3.8) is 0 Å². The molecule has 0 aromatic heterocycles. The average Bonchev–Trinajstić information content (AvgIpc) is 3.66. The molecular formula is C21H22BrN3O9S. The number of esters is 1. The smallest absolute Gasteiger partial charge is 0.369 e. The van der Waals surface area contributed by atoms with Crippen LogP contribution < -0.4 is 5.32 Å². The quantitative estimate of drug-likeness (QED) is 0.0810. The van der Waals surface area contributed by atoms with Crippen molar-refractivity contribution in [3.8, 4) is 0 Å². The Balaban J connectivity index is 1.75. The molecule has 1 aliphatic heterocycles. The summed E-state index contributed by atoms with van der Waals surface area (Å²) in [6.45, 7) is 1.15. The predicted octanol–water partition coefficient (Wildman–Crippen LogP) is 2.76. The zero-order chi connectivity index (χ0) is 25.7. The van der Waals surface area contributed by atoms with Crippen LogP contribution in [0.3, 0.4) is 0 Å². The number of amides is 2. The van der Waals surface area contributed by atoms with Crippen LogP contribution in [0.2, 0.25) is 0 Å². The summed E-state index contributed by atoms with van der Waals surface area (Å²) in [5, 5.41) is 21.7. The number of nitrogens with one attached hydrogen (secondary N) is 1. The molecule has 2 amide bonds. The first-order valence-electron chi connectivity index (χ1n) is 10.4. The second kappa shape index (κ2) is 11.5. The molecule has 1 saturated heterocycles. The number of hydrogen-bond donors (Lipinski definition) is 2. The largest absolute Gasteiger partial charge is 0.509 e. The van der Waals surface area contributed by atoms with Crippen LogP contribution in [0.1, 0.15) is 25.3 Å². The van der Waals surface area contributed by atoms with Gasteiger partial charge in [0.05, 0.1) is 16.9 Å². The molecule has 3 rings (SSSR count). The van der Waals surface area contributed by atoms with Gasteiger partial charge in [0, 0.05) is 19.1 Å². The molecule has 12 nitrogen and oxygen atoms in total. The van der Waals surface area contributed by atoms with Gasteiger partial charge in [-0.15, -0.1) is 0 Å². The Morgan fingerprint density at radius 3 is 2.46 bits per heavy atom. The standard InChI is InChI=1S/C21H22BrN3O9S/c1-11(26)23-16-18(28)24(19(16)35-21(30)34-10-12-2-3-12)17(15(27)8-22)20(29)33-9-13-4-6-14(7-5-13)25(31)32/h4-7,12,16,19,27H,2-3,8-10H2,1H3,(H,23,26). The summed E-state index contributed by atoms with van der Waals surface area (Å²) in [5.74, 6) is -2.51. The van der Waals surface area contributed by atoms with Crippen LogP contribution in [0, 0.1) is 16.0 Å². The van der Waals surface area contributed by atoms with Gasteiger partial charge in [-0.2, -0.15) is 0 Å². The Bertz CT molecular complexity index is 1060. The molecule has 0 spiro atoms. The molecule has 0 bridgehead atoms. The third-order valence-electron chi connectivity index (χ3n) is 5.10. The van der Waals surface area contributed by atoms with Gasteiger partial charge in [0.15, 0.2) is 5.70 Å². The van der Waals surface area contributed by atoms with Gasteiger partial charge in [-0.25, -0.2) is 9.59 Å². The second-order valence-corrected chi connectivity index (χ2v) is 9.44. The van der Waals surface area contributed by atoms with Crippen LogP contribution in [0.25, 0.3) is 0 Å². The van der Waals surface area contributed by atoms with Crippen molar-refractivity contribution in [2.24, 2.45) is 5.92 Å². The maximum atomic E-state index is 12.9. The number of carbonyl (C=O) groups is 4. The number of benzene rings is 1. The highest BCUT2D eigenvalue weighted by atomic mass is 79.9. The summed E-state index contributed by atoms with van der Waals surface area (Å²) in [7, 11) is 0. The number of likely N-dealkylation sites (tertiary alicyclic amines) is 1. The van der Waals surface area contributed by atoms with E-state index in [0.29, 0.717) is 23.2 Å². The van der Waals surface area contributed by atoms with Gasteiger partial charge in [-0.3, -0.25) is 24.6 Å². The Morgan fingerprint density at radius 1 is 1.26 bits per heavy atom. The zero-order valence-corrected chi connectivity index (χ0v) is 20.9. The number of nitrogens with zero attached hydrogens (tertiary/aromatic N) is 2. The van der Waals surface area contributed by atoms with Crippen molar-refractivity contribution in [2.75, 3.05) is 11.9 Å². The lowest BCUT2D eigenvalue weighted by atomic mass is 10.1. The fraction of sp³-hybridized carbons (Fsp3) is 0.429. The minimum Gasteiger partial charge on any atom is -0.509 e. The van der Waals surface area contributed by atoms with Gasteiger partial charge in [-0.05, 0) is 48.2 Å². The molecule has 14 heteroatoms. The highest BCUT2D eigenvalue weighted by molar-refractivity contribution is 9.09. The van der Waals surface area contributed by atoms with E-state index < -0.39 is 50.9 Å². The zero-order valence-electron chi connectivity index (χ0n) is 18.5. The number of halogens is 1. The molecule has 1 aromatic carbocycles. The highest BCUT2D eigenvalue weighted by Crippen LogP contribution is 2.37. The maximum Gasteiger partial charge on any atom is 0.369 e. The molecule has 1 aliphatic carbocycles. The molecule has 0 radical (unpaired) electrons. The molecule has 2 aliphatic rings. The van der Waals surface area contributed by atoms with Crippen molar-refractivity contribution < 1.29 is 38.7 Å². The number of carbonyl (C=O) groups excluding carboxylic acids is 4. The third kappa shape index (κ3) is 6.72. The first-order chi connectivity index (χ1) is 16.6. The fourth-order valence-electron chi connectivity index (χ4n) is 3.13. The van der Waals surface area contributed by atoms with E-state index in [1.165, 1.54) is 31.2 Å². The van der Waals surface area contributed by atoms with Gasteiger partial charge < -0.3 is 19.9 Å². The number of β-lactam (4-membered cyclic amide) rings is 1. The maximum absolute atomic E-state index is 12.9. The van der Waals surface area contributed by atoms with Crippen LogP contribution in [0.15, 0.2) is 35.7 Å². The van der Waals surface area contributed by atoms with Crippen molar-refractivity contribution in [1.82, 2.24) is 10.2 Å². The summed E-state index contributed by atoms with van der Waals surface area (Å²) < 4.78 is 10.4. The lowest BCUT2D eigenvalue weighted by molar-refractivity contribution is -0.384. The number of nitro groups is 1. The molecule has 2 atom stereocenters. The lowest BCUT2D eigenvalue weighted by Crippen LogP contribution is -2.69. The molecular weight excluding hydrogens is 550 g/mol. The van der Waals surface area contributed by atoms with E-state index in [0.717, 1.165) is 17.7 Å². The van der Waals surface area contributed by atoms with E-state index in [2.05, 4.69) is 21.2 Å². The Hall–Kier alpha value is -3.13. The van der Waals surface area contributed by atoms with Crippen LogP contribution in [-0.4, -0.2) is 61.4 Å². The molecule has 2 fully saturated rings. The summed E-state index contributed by atoms with van der Waals surface area (Å²) >= 11 is 3.64. The van der Waals surface area contributed by atoms with E-state index in [1.54, 1.807) is 0 Å². The number of aliphatic hydroxyl groups is 1. The predicted molar refractivity (Wildman–Crippen MR) is 126 cm³/mol. The van der Waals surface area contributed by atoms with Crippen LogP contribution >= 0.6 is 27.7 Å². The van der Waals surface area contributed by atoms with Gasteiger partial charge >= 0.3 is 11.3 Å². The van der Waals surface area contributed by atoms with Gasteiger partial charge in [0.25, 0.3) is 11.6 Å². The molecule has 2 N–H and O–H groups in total. The number of non-ortho nitro benzene ring substituents is 1. The summed E-state index contributed by atoms with van der Waals surface area (Å²) in [6.07, 6.45) is 1.93.